The van der Waals surface area contributed by atoms with E-state index in [4.69, 9.17) is 5.73 Å². The predicted octanol–water partition coefficient (Wildman–Crippen LogP) is 2.04. The molecule has 0 spiro atoms. The first-order valence-corrected chi connectivity index (χ1v) is 7.94. The van der Waals surface area contributed by atoms with E-state index in [-0.39, 0.29) is 11.5 Å². The number of sulfonamides is 1. The minimum atomic E-state index is -3.49. The Morgan fingerprint density at radius 3 is 2.16 bits per heavy atom. The number of rotatable bonds is 5. The Morgan fingerprint density at radius 1 is 1.21 bits per heavy atom. The smallest absolute Gasteiger partial charge is 0.240 e. The van der Waals surface area contributed by atoms with E-state index in [1.54, 1.807) is 24.3 Å². The number of nitrogens with one attached hydrogen (secondary N) is 1. The fourth-order valence-electron chi connectivity index (χ4n) is 1.81. The van der Waals surface area contributed by atoms with Crippen LogP contribution >= 0.6 is 0 Å². The molecule has 1 aromatic rings. The molecule has 0 aliphatic carbocycles. The summed E-state index contributed by atoms with van der Waals surface area (Å²) in [6.45, 7) is 8.40. The monoisotopic (exact) mass is 284 g/mol. The molecule has 1 atom stereocenters. The lowest BCUT2D eigenvalue weighted by atomic mass is 9.85. The van der Waals surface area contributed by atoms with Crippen LogP contribution in [0.4, 0.5) is 0 Å². The second-order valence-corrected chi connectivity index (χ2v) is 7.64. The third-order valence-corrected chi connectivity index (χ3v) is 4.62. The fraction of sp³-hybridized carbons (Fsp3) is 0.571. The van der Waals surface area contributed by atoms with Crippen LogP contribution < -0.4 is 10.5 Å². The second-order valence-electron chi connectivity index (χ2n) is 5.93. The van der Waals surface area contributed by atoms with Crippen LogP contribution in [-0.2, 0) is 10.0 Å². The van der Waals surface area contributed by atoms with Gasteiger partial charge in [-0.15, -0.1) is 0 Å². The van der Waals surface area contributed by atoms with Crippen molar-refractivity contribution in [3.63, 3.8) is 0 Å². The van der Waals surface area contributed by atoms with Crippen LogP contribution in [0.25, 0.3) is 0 Å². The third kappa shape index (κ3) is 4.60. The van der Waals surface area contributed by atoms with E-state index < -0.39 is 10.0 Å². The molecule has 0 fully saturated rings. The highest BCUT2D eigenvalue weighted by atomic mass is 32.2. The normalized spacial score (nSPS) is 14.4. The topological polar surface area (TPSA) is 72.2 Å². The zero-order valence-corrected chi connectivity index (χ0v) is 12.9. The summed E-state index contributed by atoms with van der Waals surface area (Å²) in [5.74, 6) is 0. The van der Waals surface area contributed by atoms with Gasteiger partial charge in [-0.25, -0.2) is 13.1 Å². The largest absolute Gasteiger partial charge is 0.330 e. The van der Waals surface area contributed by atoms with Crippen molar-refractivity contribution in [2.24, 2.45) is 11.1 Å². The van der Waals surface area contributed by atoms with Gasteiger partial charge in [-0.1, -0.05) is 38.5 Å². The average Bonchev–Trinajstić information content (AvgIpc) is 2.27. The van der Waals surface area contributed by atoms with Gasteiger partial charge in [0.05, 0.1) is 4.90 Å². The maximum atomic E-state index is 12.3. The Kier molecular flexibility index (Phi) is 5.12. The standard InChI is InChI=1S/C14H24N2O2S/c1-11-5-7-12(8-6-11)19(17,18)16-13(9-10-15)14(2,3)4/h5-8,13,16H,9-10,15H2,1-4H3. The highest BCUT2D eigenvalue weighted by Gasteiger charge is 2.28. The van der Waals surface area contributed by atoms with Gasteiger partial charge >= 0.3 is 0 Å². The number of nitrogens with two attached hydrogens (primary N) is 1. The minimum Gasteiger partial charge on any atom is -0.330 e. The molecule has 1 aromatic carbocycles. The van der Waals surface area contributed by atoms with Gasteiger partial charge in [0, 0.05) is 6.04 Å². The zero-order chi connectivity index (χ0) is 14.7. The van der Waals surface area contributed by atoms with Gasteiger partial charge < -0.3 is 5.73 Å². The molecule has 3 N–H and O–H groups in total. The van der Waals surface area contributed by atoms with Gasteiger partial charge in [-0.2, -0.15) is 0 Å². The molecule has 0 bridgehead atoms. The molecule has 0 saturated carbocycles. The molecular formula is C14H24N2O2S. The van der Waals surface area contributed by atoms with Crippen LogP contribution in [0.5, 0.6) is 0 Å². The number of hydrogen-bond acceptors (Lipinski definition) is 3. The molecule has 0 aromatic heterocycles. The summed E-state index contributed by atoms with van der Waals surface area (Å²) in [4.78, 5) is 0.296. The minimum absolute atomic E-state index is 0.170. The van der Waals surface area contributed by atoms with Crippen molar-refractivity contribution >= 4 is 10.0 Å². The summed E-state index contributed by atoms with van der Waals surface area (Å²) >= 11 is 0. The van der Waals surface area contributed by atoms with Crippen molar-refractivity contribution in [2.75, 3.05) is 6.54 Å². The molecule has 0 aliphatic rings. The van der Waals surface area contributed by atoms with E-state index in [1.807, 2.05) is 27.7 Å². The van der Waals surface area contributed by atoms with Crippen molar-refractivity contribution in [1.29, 1.82) is 0 Å². The number of hydrogen-bond donors (Lipinski definition) is 2. The highest BCUT2D eigenvalue weighted by Crippen LogP contribution is 2.23. The Balaban J connectivity index is 2.97. The van der Waals surface area contributed by atoms with Crippen molar-refractivity contribution < 1.29 is 8.42 Å². The van der Waals surface area contributed by atoms with Crippen LogP contribution in [0.1, 0.15) is 32.8 Å². The van der Waals surface area contributed by atoms with Crippen molar-refractivity contribution in [3.8, 4) is 0 Å². The van der Waals surface area contributed by atoms with Crippen LogP contribution in [0.2, 0.25) is 0 Å². The fourth-order valence-corrected chi connectivity index (χ4v) is 3.28. The first-order chi connectivity index (χ1) is 8.66. The first kappa shape index (κ1) is 16.1. The Bertz CT molecular complexity index is 501. The summed E-state index contributed by atoms with van der Waals surface area (Å²) in [5, 5.41) is 0. The van der Waals surface area contributed by atoms with E-state index in [2.05, 4.69) is 4.72 Å². The van der Waals surface area contributed by atoms with E-state index in [0.29, 0.717) is 17.9 Å². The number of aryl methyl sites for hydroxylation is 1. The van der Waals surface area contributed by atoms with Gasteiger partial charge in [-0.05, 0) is 37.4 Å². The van der Waals surface area contributed by atoms with Crippen molar-refractivity contribution in [2.45, 2.75) is 45.1 Å². The molecule has 0 aliphatic heterocycles. The molecule has 4 nitrogen and oxygen atoms in total. The summed E-state index contributed by atoms with van der Waals surface area (Å²) in [7, 11) is -3.49. The first-order valence-electron chi connectivity index (χ1n) is 6.46. The molecule has 1 rings (SSSR count). The SMILES string of the molecule is Cc1ccc(S(=O)(=O)NC(CCN)C(C)(C)C)cc1. The van der Waals surface area contributed by atoms with E-state index in [0.717, 1.165) is 5.56 Å². The number of benzene rings is 1. The van der Waals surface area contributed by atoms with Crippen LogP contribution in [-0.4, -0.2) is 21.0 Å². The molecule has 1 unspecified atom stereocenters. The van der Waals surface area contributed by atoms with Gasteiger partial charge in [0.1, 0.15) is 0 Å². The molecule has 0 radical (unpaired) electrons. The summed E-state index contributed by atoms with van der Waals surface area (Å²) in [6.07, 6.45) is 0.620. The highest BCUT2D eigenvalue weighted by molar-refractivity contribution is 7.89. The van der Waals surface area contributed by atoms with Crippen LogP contribution in [0.15, 0.2) is 29.2 Å². The molecule has 0 saturated heterocycles. The molecule has 0 amide bonds. The summed E-state index contributed by atoms with van der Waals surface area (Å²) < 4.78 is 27.4. The Labute approximate surface area is 116 Å². The summed E-state index contributed by atoms with van der Waals surface area (Å²) in [5.41, 5.74) is 6.43. The lowest BCUT2D eigenvalue weighted by Gasteiger charge is -2.31. The maximum Gasteiger partial charge on any atom is 0.240 e. The average molecular weight is 284 g/mol. The quantitative estimate of drug-likeness (QED) is 0.869. The second kappa shape index (κ2) is 6.03. The maximum absolute atomic E-state index is 12.3. The van der Waals surface area contributed by atoms with Crippen LogP contribution in [0.3, 0.4) is 0 Å². The van der Waals surface area contributed by atoms with Crippen LogP contribution in [0, 0.1) is 12.3 Å². The molecule has 19 heavy (non-hydrogen) atoms. The Hall–Kier alpha value is -0.910. The molecule has 5 heteroatoms. The zero-order valence-electron chi connectivity index (χ0n) is 12.1. The van der Waals surface area contributed by atoms with Crippen molar-refractivity contribution in [3.05, 3.63) is 29.8 Å². The van der Waals surface area contributed by atoms with E-state index in [1.165, 1.54) is 0 Å². The van der Waals surface area contributed by atoms with E-state index in [9.17, 15) is 8.42 Å². The van der Waals surface area contributed by atoms with Crippen molar-refractivity contribution in [1.82, 2.24) is 4.72 Å². The van der Waals surface area contributed by atoms with Gasteiger partial charge in [0.25, 0.3) is 0 Å². The van der Waals surface area contributed by atoms with E-state index >= 15 is 0 Å². The van der Waals surface area contributed by atoms with Gasteiger partial charge in [-0.3, -0.25) is 0 Å². The predicted molar refractivity (Wildman–Crippen MR) is 78.4 cm³/mol. The molecular weight excluding hydrogens is 260 g/mol. The summed E-state index contributed by atoms with van der Waals surface area (Å²) in [6, 6.07) is 6.66. The lowest BCUT2D eigenvalue weighted by molar-refractivity contribution is 0.287. The Morgan fingerprint density at radius 2 is 1.74 bits per heavy atom. The van der Waals surface area contributed by atoms with Gasteiger partial charge in [0.15, 0.2) is 0 Å². The molecule has 108 valence electrons. The molecule has 0 heterocycles. The third-order valence-electron chi connectivity index (χ3n) is 3.13. The lowest BCUT2D eigenvalue weighted by Crippen LogP contribution is -2.44. The van der Waals surface area contributed by atoms with Gasteiger partial charge in [0.2, 0.25) is 10.0 Å².